The molecule has 1 atom stereocenters. The van der Waals surface area contributed by atoms with E-state index in [9.17, 15) is 14.7 Å². The van der Waals surface area contributed by atoms with Gasteiger partial charge in [0.1, 0.15) is 5.76 Å². The van der Waals surface area contributed by atoms with Gasteiger partial charge in [-0.15, -0.1) is 6.58 Å². The smallest absolute Gasteiger partial charge is 0.309 e. The Morgan fingerprint density at radius 3 is 2.74 bits per heavy atom. The second kappa shape index (κ2) is 6.75. The predicted octanol–water partition coefficient (Wildman–Crippen LogP) is -0.00850. The van der Waals surface area contributed by atoms with Gasteiger partial charge in [0, 0.05) is 19.5 Å². The Bertz CT molecular complexity index is 438. The van der Waals surface area contributed by atoms with Crippen LogP contribution in [0.15, 0.2) is 35.5 Å². The standard InChI is InChI=1S/C13H18N2O4/c1-3-6-14-11(16)12(17)15-9-13(2,18)8-10-5-4-7-19-10/h3-5,7,18H,1,6,8-9H2,2H3,(H,14,16)(H,15,17). The van der Waals surface area contributed by atoms with Crippen LogP contribution in [0.5, 0.6) is 0 Å². The number of amides is 2. The molecule has 0 aliphatic rings. The normalized spacial score (nSPS) is 13.4. The summed E-state index contributed by atoms with van der Waals surface area (Å²) in [6.07, 6.45) is 3.22. The maximum Gasteiger partial charge on any atom is 0.309 e. The molecule has 0 radical (unpaired) electrons. The Morgan fingerprint density at radius 2 is 2.16 bits per heavy atom. The fourth-order valence-corrected chi connectivity index (χ4v) is 1.45. The first-order valence-electron chi connectivity index (χ1n) is 5.86. The highest BCUT2D eigenvalue weighted by Gasteiger charge is 2.24. The fraction of sp³-hybridized carbons (Fsp3) is 0.385. The van der Waals surface area contributed by atoms with Crippen molar-refractivity contribution in [1.82, 2.24) is 10.6 Å². The molecule has 0 fully saturated rings. The summed E-state index contributed by atoms with van der Waals surface area (Å²) in [6, 6.07) is 3.44. The van der Waals surface area contributed by atoms with Gasteiger partial charge in [-0.3, -0.25) is 9.59 Å². The molecule has 0 saturated carbocycles. The summed E-state index contributed by atoms with van der Waals surface area (Å²) in [5, 5.41) is 14.8. The summed E-state index contributed by atoms with van der Waals surface area (Å²) in [4.78, 5) is 22.7. The topological polar surface area (TPSA) is 91.6 Å². The van der Waals surface area contributed by atoms with Crippen LogP contribution in [0.1, 0.15) is 12.7 Å². The van der Waals surface area contributed by atoms with Crippen molar-refractivity contribution < 1.29 is 19.1 Å². The van der Waals surface area contributed by atoms with Crippen molar-refractivity contribution in [1.29, 1.82) is 0 Å². The van der Waals surface area contributed by atoms with Crippen molar-refractivity contribution in [2.75, 3.05) is 13.1 Å². The van der Waals surface area contributed by atoms with Gasteiger partial charge in [0.15, 0.2) is 0 Å². The van der Waals surface area contributed by atoms with E-state index in [0.717, 1.165) is 0 Å². The molecular weight excluding hydrogens is 248 g/mol. The molecule has 0 aromatic carbocycles. The number of nitrogens with one attached hydrogen (secondary N) is 2. The molecular formula is C13H18N2O4. The van der Waals surface area contributed by atoms with E-state index in [1.807, 2.05) is 0 Å². The third kappa shape index (κ3) is 5.39. The minimum absolute atomic E-state index is 0.0476. The predicted molar refractivity (Wildman–Crippen MR) is 69.3 cm³/mol. The van der Waals surface area contributed by atoms with Gasteiger partial charge in [-0.25, -0.2) is 0 Å². The van der Waals surface area contributed by atoms with Crippen molar-refractivity contribution in [3.05, 3.63) is 36.8 Å². The average molecular weight is 266 g/mol. The number of furan rings is 1. The van der Waals surface area contributed by atoms with Crippen LogP contribution >= 0.6 is 0 Å². The van der Waals surface area contributed by atoms with Crippen LogP contribution in [-0.2, 0) is 16.0 Å². The van der Waals surface area contributed by atoms with Crippen molar-refractivity contribution in [2.45, 2.75) is 18.9 Å². The molecule has 1 unspecified atom stereocenters. The number of carbonyl (C=O) groups excluding carboxylic acids is 2. The van der Waals surface area contributed by atoms with Gasteiger partial charge in [-0.05, 0) is 19.1 Å². The molecule has 1 rings (SSSR count). The minimum atomic E-state index is -1.19. The molecule has 0 saturated heterocycles. The Kier molecular flexibility index (Phi) is 5.32. The first-order chi connectivity index (χ1) is 8.94. The van der Waals surface area contributed by atoms with Gasteiger partial charge in [-0.2, -0.15) is 0 Å². The highest BCUT2D eigenvalue weighted by atomic mass is 16.3. The van der Waals surface area contributed by atoms with Gasteiger partial charge in [-0.1, -0.05) is 6.08 Å². The molecule has 0 aliphatic heterocycles. The molecule has 0 spiro atoms. The quantitative estimate of drug-likeness (QED) is 0.499. The monoisotopic (exact) mass is 266 g/mol. The van der Waals surface area contributed by atoms with Crippen LogP contribution in [0, 0.1) is 0 Å². The Balaban J connectivity index is 2.39. The van der Waals surface area contributed by atoms with Crippen LogP contribution in [-0.4, -0.2) is 35.6 Å². The van der Waals surface area contributed by atoms with E-state index in [4.69, 9.17) is 4.42 Å². The zero-order valence-corrected chi connectivity index (χ0v) is 10.8. The molecule has 0 bridgehead atoms. The van der Waals surface area contributed by atoms with Crippen molar-refractivity contribution in [3.63, 3.8) is 0 Å². The molecule has 104 valence electrons. The molecule has 6 heteroatoms. The van der Waals surface area contributed by atoms with E-state index in [1.165, 1.54) is 12.3 Å². The Morgan fingerprint density at radius 1 is 1.47 bits per heavy atom. The summed E-state index contributed by atoms with van der Waals surface area (Å²) >= 11 is 0. The van der Waals surface area contributed by atoms with Crippen LogP contribution in [0.4, 0.5) is 0 Å². The molecule has 1 aromatic heterocycles. The lowest BCUT2D eigenvalue weighted by atomic mass is 10.0. The number of rotatable bonds is 6. The van der Waals surface area contributed by atoms with Gasteiger partial charge >= 0.3 is 11.8 Å². The summed E-state index contributed by atoms with van der Waals surface area (Å²) < 4.78 is 5.11. The molecule has 6 nitrogen and oxygen atoms in total. The SMILES string of the molecule is C=CCNC(=O)C(=O)NCC(C)(O)Cc1ccco1. The molecule has 19 heavy (non-hydrogen) atoms. The van der Waals surface area contributed by atoms with Crippen molar-refractivity contribution in [3.8, 4) is 0 Å². The van der Waals surface area contributed by atoms with E-state index in [0.29, 0.717) is 5.76 Å². The average Bonchev–Trinajstić information content (AvgIpc) is 2.85. The maximum absolute atomic E-state index is 11.4. The van der Waals surface area contributed by atoms with Gasteiger partial charge in [0.2, 0.25) is 0 Å². The molecule has 0 aliphatic carbocycles. The highest BCUT2D eigenvalue weighted by Crippen LogP contribution is 2.12. The largest absolute Gasteiger partial charge is 0.469 e. The number of carbonyl (C=O) groups is 2. The van der Waals surface area contributed by atoms with E-state index in [2.05, 4.69) is 17.2 Å². The lowest BCUT2D eigenvalue weighted by molar-refractivity contribution is -0.139. The van der Waals surface area contributed by atoms with E-state index in [-0.39, 0.29) is 19.5 Å². The lowest BCUT2D eigenvalue weighted by Gasteiger charge is -2.22. The van der Waals surface area contributed by atoms with Crippen molar-refractivity contribution >= 4 is 11.8 Å². The minimum Gasteiger partial charge on any atom is -0.469 e. The third-order valence-electron chi connectivity index (χ3n) is 2.38. The van der Waals surface area contributed by atoms with Crippen LogP contribution < -0.4 is 10.6 Å². The summed E-state index contributed by atoms with van der Waals surface area (Å²) in [7, 11) is 0. The van der Waals surface area contributed by atoms with Gasteiger partial charge in [0.25, 0.3) is 0 Å². The molecule has 2 amide bonds. The van der Waals surface area contributed by atoms with E-state index < -0.39 is 17.4 Å². The van der Waals surface area contributed by atoms with Crippen LogP contribution in [0.2, 0.25) is 0 Å². The lowest BCUT2D eigenvalue weighted by Crippen LogP contribution is -2.47. The third-order valence-corrected chi connectivity index (χ3v) is 2.38. The van der Waals surface area contributed by atoms with E-state index >= 15 is 0 Å². The first kappa shape index (κ1) is 15.0. The van der Waals surface area contributed by atoms with Gasteiger partial charge < -0.3 is 20.2 Å². The number of hydrogen-bond donors (Lipinski definition) is 3. The summed E-state index contributed by atoms with van der Waals surface area (Å²) in [5.74, 6) is -0.939. The summed E-state index contributed by atoms with van der Waals surface area (Å²) in [5.41, 5.74) is -1.19. The second-order valence-electron chi connectivity index (χ2n) is 4.43. The Hall–Kier alpha value is -2.08. The van der Waals surface area contributed by atoms with Crippen LogP contribution in [0.3, 0.4) is 0 Å². The summed E-state index contributed by atoms with van der Waals surface area (Å²) in [6.45, 7) is 5.14. The van der Waals surface area contributed by atoms with E-state index in [1.54, 1.807) is 19.1 Å². The number of hydrogen-bond acceptors (Lipinski definition) is 4. The molecule has 1 heterocycles. The van der Waals surface area contributed by atoms with Gasteiger partial charge in [0.05, 0.1) is 11.9 Å². The number of aliphatic hydroxyl groups is 1. The molecule has 3 N–H and O–H groups in total. The first-order valence-corrected chi connectivity index (χ1v) is 5.86. The fourth-order valence-electron chi connectivity index (χ4n) is 1.45. The second-order valence-corrected chi connectivity index (χ2v) is 4.43. The highest BCUT2D eigenvalue weighted by molar-refractivity contribution is 6.35. The van der Waals surface area contributed by atoms with Crippen LogP contribution in [0.25, 0.3) is 0 Å². The maximum atomic E-state index is 11.4. The van der Waals surface area contributed by atoms with Crippen molar-refractivity contribution in [2.24, 2.45) is 0 Å². The Labute approximate surface area is 111 Å². The zero-order valence-electron chi connectivity index (χ0n) is 10.8. The molecule has 1 aromatic rings. The zero-order chi connectivity index (χ0) is 14.3.